The third-order valence-corrected chi connectivity index (χ3v) is 6.42. The highest BCUT2D eigenvalue weighted by molar-refractivity contribution is 5.94. The molecule has 1 aliphatic rings. The first-order valence-corrected chi connectivity index (χ1v) is 12.0. The number of aryl methyl sites for hydroxylation is 1. The van der Waals surface area contributed by atoms with E-state index in [9.17, 15) is 9.59 Å². The van der Waals surface area contributed by atoms with E-state index in [1.165, 1.54) is 5.56 Å². The van der Waals surface area contributed by atoms with E-state index in [-0.39, 0.29) is 5.91 Å². The fraction of sp³-hybridized carbons (Fsp3) is 0.250. The van der Waals surface area contributed by atoms with Gasteiger partial charge in [-0.25, -0.2) is 4.98 Å². The summed E-state index contributed by atoms with van der Waals surface area (Å²) in [6.45, 7) is 6.03. The Morgan fingerprint density at radius 1 is 0.944 bits per heavy atom. The Morgan fingerprint density at radius 2 is 1.72 bits per heavy atom. The number of pyridine rings is 1. The Labute approximate surface area is 209 Å². The molecule has 2 N–H and O–H groups in total. The van der Waals surface area contributed by atoms with Crippen molar-refractivity contribution in [1.29, 1.82) is 0 Å². The Bertz CT molecular complexity index is 1390. The van der Waals surface area contributed by atoms with Crippen molar-refractivity contribution in [1.82, 2.24) is 19.2 Å². The molecule has 0 atom stereocenters. The molecule has 0 unspecified atom stereocenters. The van der Waals surface area contributed by atoms with E-state index in [2.05, 4.69) is 9.88 Å². The van der Waals surface area contributed by atoms with Gasteiger partial charge >= 0.3 is 0 Å². The van der Waals surface area contributed by atoms with Crippen LogP contribution in [0.5, 0.6) is 5.75 Å². The Balaban J connectivity index is 1.15. The van der Waals surface area contributed by atoms with Gasteiger partial charge in [0.2, 0.25) is 5.91 Å². The van der Waals surface area contributed by atoms with E-state index in [1.54, 1.807) is 18.2 Å². The van der Waals surface area contributed by atoms with Gasteiger partial charge in [0.1, 0.15) is 18.0 Å². The molecule has 8 heteroatoms. The fourth-order valence-corrected chi connectivity index (χ4v) is 4.43. The van der Waals surface area contributed by atoms with Crippen LogP contribution in [0.15, 0.2) is 73.1 Å². The van der Waals surface area contributed by atoms with Gasteiger partial charge in [0.25, 0.3) is 5.91 Å². The number of benzene rings is 2. The lowest BCUT2D eigenvalue weighted by atomic mass is 10.1. The van der Waals surface area contributed by atoms with Crippen LogP contribution in [0.3, 0.4) is 0 Å². The maximum Gasteiger partial charge on any atom is 0.254 e. The zero-order valence-corrected chi connectivity index (χ0v) is 20.3. The lowest BCUT2D eigenvalue weighted by Gasteiger charge is -2.34. The highest BCUT2D eigenvalue weighted by Gasteiger charge is 2.22. The fourth-order valence-electron chi connectivity index (χ4n) is 4.43. The number of carbonyl (C=O) groups excluding carboxylic acids is 2. The highest BCUT2D eigenvalue weighted by atomic mass is 16.5. The standard InChI is InChI=1S/C28H29N5O3/c1-20-5-10-26-30-24(18-33(26)16-20)19-36-25-4-2-3-23(15-25)28(35)32-13-11-31(12-14-32)17-21-6-8-22(9-7-21)27(29)34/h2-10,15-16,18H,11-14,17,19H2,1H3,(H2,29,34). The number of primary amides is 1. The summed E-state index contributed by atoms with van der Waals surface area (Å²) in [5, 5.41) is 0. The van der Waals surface area contributed by atoms with Gasteiger partial charge in [0, 0.05) is 56.2 Å². The molecule has 2 amide bonds. The first-order chi connectivity index (χ1) is 17.4. The highest BCUT2D eigenvalue weighted by Crippen LogP contribution is 2.18. The first kappa shape index (κ1) is 23.6. The maximum atomic E-state index is 13.1. The van der Waals surface area contributed by atoms with E-state index < -0.39 is 5.91 Å². The molecule has 0 aliphatic carbocycles. The largest absolute Gasteiger partial charge is 0.487 e. The zero-order chi connectivity index (χ0) is 25.1. The molecular weight excluding hydrogens is 454 g/mol. The number of nitrogens with two attached hydrogens (primary N) is 1. The quantitative estimate of drug-likeness (QED) is 0.436. The van der Waals surface area contributed by atoms with Crippen LogP contribution in [0.25, 0.3) is 5.65 Å². The van der Waals surface area contributed by atoms with E-state index in [1.807, 2.05) is 71.1 Å². The number of imidazole rings is 1. The van der Waals surface area contributed by atoms with Crippen molar-refractivity contribution in [2.75, 3.05) is 26.2 Å². The molecule has 0 spiro atoms. The maximum absolute atomic E-state index is 13.1. The molecule has 8 nitrogen and oxygen atoms in total. The van der Waals surface area contributed by atoms with Crippen LogP contribution in [0.2, 0.25) is 0 Å². The van der Waals surface area contributed by atoms with Crippen LogP contribution in [0.1, 0.15) is 37.5 Å². The summed E-state index contributed by atoms with van der Waals surface area (Å²) in [6, 6.07) is 18.7. The van der Waals surface area contributed by atoms with Crippen molar-refractivity contribution in [2.24, 2.45) is 5.73 Å². The van der Waals surface area contributed by atoms with Gasteiger partial charge in [-0.15, -0.1) is 0 Å². The molecule has 0 bridgehead atoms. The van der Waals surface area contributed by atoms with Crippen LogP contribution >= 0.6 is 0 Å². The molecular formula is C28H29N5O3. The van der Waals surface area contributed by atoms with Gasteiger partial charge in [-0.2, -0.15) is 0 Å². The lowest BCUT2D eigenvalue weighted by molar-refractivity contribution is 0.0628. The summed E-state index contributed by atoms with van der Waals surface area (Å²) in [5.41, 5.74) is 10.4. The summed E-state index contributed by atoms with van der Waals surface area (Å²) >= 11 is 0. The number of piperazine rings is 1. The molecule has 3 heterocycles. The minimum Gasteiger partial charge on any atom is -0.487 e. The van der Waals surface area contributed by atoms with Gasteiger partial charge in [-0.05, 0) is 54.4 Å². The molecule has 5 rings (SSSR count). The number of fused-ring (bicyclic) bond motifs is 1. The summed E-state index contributed by atoms with van der Waals surface area (Å²) in [4.78, 5) is 33.2. The van der Waals surface area contributed by atoms with Crippen LogP contribution < -0.4 is 10.5 Å². The molecule has 1 saturated heterocycles. The van der Waals surface area contributed by atoms with Crippen LogP contribution in [-0.4, -0.2) is 57.2 Å². The van der Waals surface area contributed by atoms with Crippen LogP contribution in [-0.2, 0) is 13.2 Å². The van der Waals surface area contributed by atoms with E-state index in [0.29, 0.717) is 36.6 Å². The number of nitrogens with zero attached hydrogens (tertiary/aromatic N) is 4. The Kier molecular flexibility index (Phi) is 6.69. The second kappa shape index (κ2) is 10.2. The molecule has 1 fully saturated rings. The summed E-state index contributed by atoms with van der Waals surface area (Å²) in [6.07, 6.45) is 3.99. The second-order valence-electron chi connectivity index (χ2n) is 9.15. The Morgan fingerprint density at radius 3 is 2.47 bits per heavy atom. The smallest absolute Gasteiger partial charge is 0.254 e. The lowest BCUT2D eigenvalue weighted by Crippen LogP contribution is -2.48. The molecule has 4 aromatic rings. The van der Waals surface area contributed by atoms with Crippen molar-refractivity contribution < 1.29 is 14.3 Å². The van der Waals surface area contributed by atoms with E-state index in [0.717, 1.165) is 36.5 Å². The Hall–Kier alpha value is -4.17. The minimum atomic E-state index is -0.423. The predicted molar refractivity (Wildman–Crippen MR) is 137 cm³/mol. The minimum absolute atomic E-state index is 0.00844. The van der Waals surface area contributed by atoms with E-state index in [4.69, 9.17) is 10.5 Å². The zero-order valence-electron chi connectivity index (χ0n) is 20.3. The van der Waals surface area contributed by atoms with Gasteiger partial charge in [-0.1, -0.05) is 24.3 Å². The number of carbonyl (C=O) groups is 2. The van der Waals surface area contributed by atoms with Gasteiger partial charge in [0.15, 0.2) is 0 Å². The predicted octanol–water partition coefficient (Wildman–Crippen LogP) is 3.28. The number of ether oxygens (including phenoxy) is 1. The van der Waals surface area contributed by atoms with Gasteiger partial charge in [0.05, 0.1) is 5.69 Å². The molecule has 36 heavy (non-hydrogen) atoms. The summed E-state index contributed by atoms with van der Waals surface area (Å²) in [7, 11) is 0. The number of aromatic nitrogens is 2. The topological polar surface area (TPSA) is 93.2 Å². The molecule has 184 valence electrons. The third kappa shape index (κ3) is 5.39. The average Bonchev–Trinajstić information content (AvgIpc) is 3.30. The SMILES string of the molecule is Cc1ccc2nc(COc3cccc(C(=O)N4CCN(Cc5ccc(C(N)=O)cc5)CC4)c3)cn2c1. The van der Waals surface area contributed by atoms with Crippen LogP contribution in [0.4, 0.5) is 0 Å². The average molecular weight is 484 g/mol. The van der Waals surface area contributed by atoms with Crippen molar-refractivity contribution in [2.45, 2.75) is 20.1 Å². The molecule has 2 aromatic heterocycles. The number of hydrogen-bond donors (Lipinski definition) is 1. The van der Waals surface area contributed by atoms with Crippen molar-refractivity contribution in [3.8, 4) is 5.75 Å². The second-order valence-corrected chi connectivity index (χ2v) is 9.15. The monoisotopic (exact) mass is 483 g/mol. The molecule has 1 aliphatic heterocycles. The third-order valence-electron chi connectivity index (χ3n) is 6.42. The summed E-state index contributed by atoms with van der Waals surface area (Å²) in [5.74, 6) is 0.231. The normalized spacial score (nSPS) is 14.2. The molecule has 2 aromatic carbocycles. The van der Waals surface area contributed by atoms with Gasteiger partial charge < -0.3 is 19.8 Å². The van der Waals surface area contributed by atoms with Crippen molar-refractivity contribution in [3.05, 3.63) is 101 Å². The van der Waals surface area contributed by atoms with Gasteiger partial charge in [-0.3, -0.25) is 14.5 Å². The molecule has 0 radical (unpaired) electrons. The number of rotatable bonds is 7. The van der Waals surface area contributed by atoms with Crippen molar-refractivity contribution >= 4 is 17.5 Å². The summed E-state index contributed by atoms with van der Waals surface area (Å²) < 4.78 is 7.94. The van der Waals surface area contributed by atoms with Crippen LogP contribution in [0, 0.1) is 6.92 Å². The first-order valence-electron chi connectivity index (χ1n) is 12.0. The molecule has 0 saturated carbocycles. The number of amides is 2. The van der Waals surface area contributed by atoms with Crippen molar-refractivity contribution in [3.63, 3.8) is 0 Å². The number of hydrogen-bond acceptors (Lipinski definition) is 5. The van der Waals surface area contributed by atoms with E-state index >= 15 is 0 Å².